The minimum atomic E-state index is -1.03. The fourth-order valence-electron chi connectivity index (χ4n) is 3.22. The molecule has 1 N–H and O–H groups in total. The molecule has 8 heteroatoms. The summed E-state index contributed by atoms with van der Waals surface area (Å²) >= 11 is 0. The molecule has 3 heterocycles. The van der Waals surface area contributed by atoms with Crippen LogP contribution in [0.2, 0.25) is 0 Å². The van der Waals surface area contributed by atoms with Gasteiger partial charge in [-0.2, -0.15) is 5.10 Å². The number of piperidine rings is 1. The quantitative estimate of drug-likeness (QED) is 0.874. The Kier molecular flexibility index (Phi) is 4.56. The topological polar surface area (TPSA) is 89.6 Å². The van der Waals surface area contributed by atoms with Crippen LogP contribution in [0.15, 0.2) is 23.3 Å². The van der Waals surface area contributed by atoms with Gasteiger partial charge in [0.05, 0.1) is 29.2 Å². The molecule has 0 unspecified atom stereocenters. The number of rotatable bonds is 2. The zero-order valence-electron chi connectivity index (χ0n) is 15.7. The molecule has 0 atom stereocenters. The van der Waals surface area contributed by atoms with Crippen molar-refractivity contribution in [2.24, 2.45) is 7.05 Å². The third-order valence-corrected chi connectivity index (χ3v) is 4.70. The number of nitrogens with zero attached hydrogens (tertiary/aromatic N) is 4. The van der Waals surface area contributed by atoms with Crippen LogP contribution in [0.5, 0.6) is 0 Å². The summed E-state index contributed by atoms with van der Waals surface area (Å²) in [6.45, 7) is 6.47. The van der Waals surface area contributed by atoms with Crippen molar-refractivity contribution in [2.75, 3.05) is 13.1 Å². The monoisotopic (exact) mass is 362 g/mol. The first kappa shape index (κ1) is 18.4. The first-order valence-corrected chi connectivity index (χ1v) is 8.79. The fourth-order valence-corrected chi connectivity index (χ4v) is 3.22. The number of ether oxygens (including phenoxy) is 1. The van der Waals surface area contributed by atoms with E-state index in [0.29, 0.717) is 31.3 Å². The number of hydrogen-bond acceptors (Lipinski definition) is 5. The molecule has 0 saturated carbocycles. The standard InChI is InChI=1S/C18H26N4O4/c1-17(2,3)26-16(24)21-9-6-18(25,7-10-21)12-22-8-5-14-13(15(22)23)11-19-20(14)4/h5,8,11,25H,6-7,9-10,12H2,1-4H3. The zero-order valence-corrected chi connectivity index (χ0v) is 15.7. The maximum Gasteiger partial charge on any atom is 0.410 e. The first-order valence-electron chi connectivity index (χ1n) is 8.79. The molecular formula is C18H26N4O4. The van der Waals surface area contributed by atoms with Gasteiger partial charge in [0.15, 0.2) is 0 Å². The molecule has 2 aromatic rings. The molecule has 3 rings (SSSR count). The molecular weight excluding hydrogens is 336 g/mol. The maximum atomic E-state index is 12.6. The van der Waals surface area contributed by atoms with Gasteiger partial charge in [-0.15, -0.1) is 0 Å². The second-order valence-corrected chi connectivity index (χ2v) is 8.01. The Morgan fingerprint density at radius 3 is 2.62 bits per heavy atom. The number of aryl methyl sites for hydroxylation is 1. The van der Waals surface area contributed by atoms with E-state index in [1.165, 1.54) is 4.57 Å². The molecule has 0 radical (unpaired) electrons. The number of fused-ring (bicyclic) bond motifs is 1. The summed E-state index contributed by atoms with van der Waals surface area (Å²) in [6, 6.07) is 1.82. The minimum absolute atomic E-state index is 0.168. The molecule has 8 nitrogen and oxygen atoms in total. The van der Waals surface area contributed by atoms with Crippen LogP contribution < -0.4 is 5.56 Å². The number of carbonyl (C=O) groups is 1. The van der Waals surface area contributed by atoms with Crippen LogP contribution in [0.3, 0.4) is 0 Å². The van der Waals surface area contributed by atoms with E-state index in [4.69, 9.17) is 4.74 Å². The number of likely N-dealkylation sites (tertiary alicyclic amines) is 1. The highest BCUT2D eigenvalue weighted by Crippen LogP contribution is 2.25. The van der Waals surface area contributed by atoms with E-state index >= 15 is 0 Å². The summed E-state index contributed by atoms with van der Waals surface area (Å²) in [5, 5.41) is 15.5. The first-order chi connectivity index (χ1) is 12.1. The van der Waals surface area contributed by atoms with E-state index in [1.54, 1.807) is 29.0 Å². The average Bonchev–Trinajstić information content (AvgIpc) is 2.91. The lowest BCUT2D eigenvalue weighted by Gasteiger charge is -2.38. The molecule has 0 aromatic carbocycles. The lowest BCUT2D eigenvalue weighted by molar-refractivity contribution is -0.0418. The molecule has 1 amide bonds. The normalized spacial score (nSPS) is 17.5. The van der Waals surface area contributed by atoms with Gasteiger partial charge in [-0.25, -0.2) is 4.79 Å². The number of pyridine rings is 1. The van der Waals surface area contributed by atoms with E-state index in [-0.39, 0.29) is 18.2 Å². The van der Waals surface area contributed by atoms with Gasteiger partial charge in [0.1, 0.15) is 5.60 Å². The fraction of sp³-hybridized carbons (Fsp3) is 0.611. The van der Waals surface area contributed by atoms with Gasteiger partial charge in [0.25, 0.3) is 5.56 Å². The van der Waals surface area contributed by atoms with Gasteiger partial charge >= 0.3 is 6.09 Å². The number of amides is 1. The van der Waals surface area contributed by atoms with E-state index in [9.17, 15) is 14.7 Å². The van der Waals surface area contributed by atoms with Gasteiger partial charge in [-0.3, -0.25) is 9.48 Å². The second kappa shape index (κ2) is 6.42. The van der Waals surface area contributed by atoms with E-state index < -0.39 is 11.2 Å². The van der Waals surface area contributed by atoms with Crippen molar-refractivity contribution in [3.05, 3.63) is 28.8 Å². The van der Waals surface area contributed by atoms with Crippen LogP contribution in [-0.2, 0) is 18.3 Å². The molecule has 26 heavy (non-hydrogen) atoms. The van der Waals surface area contributed by atoms with Crippen molar-refractivity contribution >= 4 is 17.0 Å². The predicted octanol–water partition coefficient (Wildman–Crippen LogP) is 1.50. The number of carbonyl (C=O) groups excluding carboxylic acids is 1. The summed E-state index contributed by atoms with van der Waals surface area (Å²) < 4.78 is 8.54. The summed E-state index contributed by atoms with van der Waals surface area (Å²) in [6.07, 6.45) is 3.65. The van der Waals surface area contributed by atoms with Gasteiger partial charge in [0, 0.05) is 26.3 Å². The van der Waals surface area contributed by atoms with Crippen LogP contribution in [0.1, 0.15) is 33.6 Å². The van der Waals surface area contributed by atoms with Gasteiger partial charge < -0.3 is 19.3 Å². The number of aliphatic hydroxyl groups is 1. The average molecular weight is 362 g/mol. The van der Waals surface area contributed by atoms with E-state index in [1.807, 2.05) is 26.8 Å². The molecule has 1 aliphatic rings. The Labute approximate surface area is 152 Å². The van der Waals surface area contributed by atoms with E-state index in [0.717, 1.165) is 5.52 Å². The van der Waals surface area contributed by atoms with Crippen molar-refractivity contribution in [1.29, 1.82) is 0 Å². The molecule has 0 aliphatic carbocycles. The van der Waals surface area contributed by atoms with Gasteiger partial charge in [0.2, 0.25) is 0 Å². The van der Waals surface area contributed by atoms with E-state index in [2.05, 4.69) is 5.10 Å². The number of hydrogen-bond donors (Lipinski definition) is 1. The molecule has 1 aliphatic heterocycles. The smallest absolute Gasteiger partial charge is 0.410 e. The van der Waals surface area contributed by atoms with Crippen LogP contribution in [-0.4, -0.2) is 54.7 Å². The molecule has 0 spiro atoms. The molecule has 2 aromatic heterocycles. The van der Waals surface area contributed by atoms with Gasteiger partial charge in [-0.1, -0.05) is 0 Å². The third-order valence-electron chi connectivity index (χ3n) is 4.70. The SMILES string of the molecule is Cn1ncc2c(=O)n(CC3(O)CCN(C(=O)OC(C)(C)C)CC3)ccc21. The lowest BCUT2D eigenvalue weighted by atomic mass is 9.91. The number of aromatic nitrogens is 3. The Morgan fingerprint density at radius 2 is 2.00 bits per heavy atom. The summed E-state index contributed by atoms with van der Waals surface area (Å²) in [4.78, 5) is 26.3. The highest BCUT2D eigenvalue weighted by molar-refractivity contribution is 5.77. The predicted molar refractivity (Wildman–Crippen MR) is 97.0 cm³/mol. The van der Waals surface area contributed by atoms with Crippen molar-refractivity contribution < 1.29 is 14.6 Å². The highest BCUT2D eigenvalue weighted by atomic mass is 16.6. The Hall–Kier alpha value is -2.35. The lowest BCUT2D eigenvalue weighted by Crippen LogP contribution is -2.50. The Bertz CT molecular complexity index is 869. The largest absolute Gasteiger partial charge is 0.444 e. The van der Waals surface area contributed by atoms with Crippen LogP contribution in [0, 0.1) is 0 Å². The van der Waals surface area contributed by atoms with Crippen molar-refractivity contribution in [1.82, 2.24) is 19.2 Å². The van der Waals surface area contributed by atoms with Crippen molar-refractivity contribution in [3.8, 4) is 0 Å². The molecule has 142 valence electrons. The van der Waals surface area contributed by atoms with Crippen LogP contribution >= 0.6 is 0 Å². The Morgan fingerprint density at radius 1 is 1.35 bits per heavy atom. The molecule has 0 bridgehead atoms. The van der Waals surface area contributed by atoms with Crippen LogP contribution in [0.25, 0.3) is 10.9 Å². The summed E-state index contributed by atoms with van der Waals surface area (Å²) in [5.41, 5.74) is -0.980. The summed E-state index contributed by atoms with van der Waals surface area (Å²) in [7, 11) is 1.78. The summed E-state index contributed by atoms with van der Waals surface area (Å²) in [5.74, 6) is 0. The van der Waals surface area contributed by atoms with Crippen LogP contribution in [0.4, 0.5) is 4.79 Å². The van der Waals surface area contributed by atoms with Gasteiger partial charge in [-0.05, 0) is 39.7 Å². The molecule has 1 saturated heterocycles. The second-order valence-electron chi connectivity index (χ2n) is 8.01. The minimum Gasteiger partial charge on any atom is -0.444 e. The zero-order chi connectivity index (χ0) is 19.1. The Balaban J connectivity index is 1.69. The maximum absolute atomic E-state index is 12.6. The third kappa shape index (κ3) is 3.75. The molecule has 1 fully saturated rings. The highest BCUT2D eigenvalue weighted by Gasteiger charge is 2.36. The van der Waals surface area contributed by atoms with Crippen molar-refractivity contribution in [3.63, 3.8) is 0 Å². The van der Waals surface area contributed by atoms with Crippen molar-refractivity contribution in [2.45, 2.75) is 51.4 Å².